The van der Waals surface area contributed by atoms with Crippen molar-refractivity contribution >= 4 is 17.7 Å². The zero-order valence-corrected chi connectivity index (χ0v) is 10.2. The number of aliphatic carboxylic acids is 1. The van der Waals surface area contributed by atoms with Crippen molar-refractivity contribution in [1.29, 1.82) is 0 Å². The highest BCUT2D eigenvalue weighted by molar-refractivity contribution is 7.98. The smallest absolute Gasteiger partial charge is 0.320 e. The van der Waals surface area contributed by atoms with Crippen LogP contribution in [0.4, 0.5) is 0 Å². The molecule has 3 N–H and O–H groups in total. The lowest BCUT2D eigenvalue weighted by atomic mass is 10.2. The quantitative estimate of drug-likeness (QED) is 0.692. The van der Waals surface area contributed by atoms with Crippen molar-refractivity contribution < 1.29 is 9.90 Å². The van der Waals surface area contributed by atoms with Gasteiger partial charge in [0, 0.05) is 7.05 Å². The van der Waals surface area contributed by atoms with Crippen LogP contribution in [-0.4, -0.2) is 37.6 Å². The van der Waals surface area contributed by atoms with E-state index in [1.807, 2.05) is 18.5 Å². The fourth-order valence-electron chi connectivity index (χ4n) is 1.07. The van der Waals surface area contributed by atoms with E-state index in [1.54, 1.807) is 11.8 Å². The minimum absolute atomic E-state index is 0.469. The van der Waals surface area contributed by atoms with Crippen LogP contribution in [0.15, 0.2) is 0 Å². The fraction of sp³-hybridized carbons (Fsp3) is 0.667. The highest BCUT2D eigenvalue weighted by Gasteiger charge is 2.11. The SMILES string of the molecule is Cc1nnc(CSCCC(N)C(=O)O)n1C. The van der Waals surface area contributed by atoms with Crippen LogP contribution < -0.4 is 5.73 Å². The number of nitrogens with zero attached hydrogens (tertiary/aromatic N) is 3. The highest BCUT2D eigenvalue weighted by atomic mass is 32.2. The fourth-order valence-corrected chi connectivity index (χ4v) is 2.07. The van der Waals surface area contributed by atoms with Gasteiger partial charge in [0.25, 0.3) is 0 Å². The molecular formula is C9H16N4O2S. The first kappa shape index (κ1) is 13.0. The second kappa shape index (κ2) is 5.86. The average Bonchev–Trinajstić information content (AvgIpc) is 2.55. The molecule has 1 rings (SSSR count). The number of rotatable bonds is 6. The van der Waals surface area contributed by atoms with E-state index in [0.29, 0.717) is 12.2 Å². The lowest BCUT2D eigenvalue weighted by Crippen LogP contribution is -2.30. The predicted octanol–water partition coefficient (Wildman–Crippen LogP) is 0.159. The molecule has 0 aliphatic heterocycles. The monoisotopic (exact) mass is 244 g/mol. The van der Waals surface area contributed by atoms with E-state index in [-0.39, 0.29) is 0 Å². The van der Waals surface area contributed by atoms with Gasteiger partial charge in [0.1, 0.15) is 17.7 Å². The number of thioether (sulfide) groups is 1. The summed E-state index contributed by atoms with van der Waals surface area (Å²) in [6.07, 6.45) is 0.469. The predicted molar refractivity (Wildman–Crippen MR) is 62.1 cm³/mol. The molecule has 0 spiro atoms. The molecule has 1 aromatic heterocycles. The molecule has 0 amide bonds. The van der Waals surface area contributed by atoms with Gasteiger partial charge in [-0.15, -0.1) is 10.2 Å². The third-order valence-corrected chi connectivity index (χ3v) is 3.29. The molecule has 6 nitrogen and oxygen atoms in total. The summed E-state index contributed by atoms with van der Waals surface area (Å²) in [6.45, 7) is 1.89. The Bertz CT molecular complexity index is 366. The van der Waals surface area contributed by atoms with Crippen LogP contribution in [0.5, 0.6) is 0 Å². The number of hydrogen-bond acceptors (Lipinski definition) is 5. The van der Waals surface area contributed by atoms with Crippen LogP contribution in [0.25, 0.3) is 0 Å². The van der Waals surface area contributed by atoms with E-state index < -0.39 is 12.0 Å². The molecule has 0 aliphatic carbocycles. The minimum Gasteiger partial charge on any atom is -0.480 e. The zero-order chi connectivity index (χ0) is 12.1. The largest absolute Gasteiger partial charge is 0.480 e. The maximum atomic E-state index is 10.5. The van der Waals surface area contributed by atoms with Crippen LogP contribution in [0.1, 0.15) is 18.1 Å². The van der Waals surface area contributed by atoms with Crippen molar-refractivity contribution in [3.63, 3.8) is 0 Å². The maximum absolute atomic E-state index is 10.5. The summed E-state index contributed by atoms with van der Waals surface area (Å²) in [5.74, 6) is 2.25. The zero-order valence-electron chi connectivity index (χ0n) is 9.38. The first-order valence-electron chi connectivity index (χ1n) is 4.93. The third-order valence-electron chi connectivity index (χ3n) is 2.30. The molecule has 0 radical (unpaired) electrons. The maximum Gasteiger partial charge on any atom is 0.320 e. The molecule has 90 valence electrons. The van der Waals surface area contributed by atoms with Crippen LogP contribution in [-0.2, 0) is 17.6 Å². The summed E-state index contributed by atoms with van der Waals surface area (Å²) < 4.78 is 1.92. The van der Waals surface area contributed by atoms with E-state index >= 15 is 0 Å². The van der Waals surface area contributed by atoms with Gasteiger partial charge in [0.2, 0.25) is 0 Å². The Morgan fingerprint density at radius 3 is 2.81 bits per heavy atom. The molecule has 0 saturated heterocycles. The van der Waals surface area contributed by atoms with Crippen molar-refractivity contribution in [2.24, 2.45) is 12.8 Å². The number of aromatic nitrogens is 3. The van der Waals surface area contributed by atoms with Crippen LogP contribution >= 0.6 is 11.8 Å². The van der Waals surface area contributed by atoms with Gasteiger partial charge in [-0.1, -0.05) is 0 Å². The van der Waals surface area contributed by atoms with Gasteiger partial charge in [-0.05, 0) is 19.1 Å². The van der Waals surface area contributed by atoms with Crippen LogP contribution in [0.2, 0.25) is 0 Å². The molecule has 0 fully saturated rings. The minimum atomic E-state index is -0.949. The number of nitrogens with two attached hydrogens (primary N) is 1. The van der Waals surface area contributed by atoms with Gasteiger partial charge in [-0.2, -0.15) is 11.8 Å². The summed E-state index contributed by atoms with van der Waals surface area (Å²) in [7, 11) is 1.91. The first-order chi connectivity index (χ1) is 7.52. The highest BCUT2D eigenvalue weighted by Crippen LogP contribution is 2.12. The van der Waals surface area contributed by atoms with E-state index in [0.717, 1.165) is 17.4 Å². The molecule has 0 bridgehead atoms. The lowest BCUT2D eigenvalue weighted by Gasteiger charge is -2.05. The van der Waals surface area contributed by atoms with Crippen LogP contribution in [0.3, 0.4) is 0 Å². The Hall–Kier alpha value is -1.08. The number of hydrogen-bond donors (Lipinski definition) is 2. The van der Waals surface area contributed by atoms with Crippen molar-refractivity contribution in [2.45, 2.75) is 25.1 Å². The first-order valence-corrected chi connectivity index (χ1v) is 6.09. The topological polar surface area (TPSA) is 94.0 Å². The van der Waals surface area contributed by atoms with Gasteiger partial charge < -0.3 is 15.4 Å². The molecule has 1 atom stereocenters. The molecular weight excluding hydrogens is 228 g/mol. The summed E-state index contributed by atoms with van der Waals surface area (Å²) in [5.41, 5.74) is 5.38. The summed E-state index contributed by atoms with van der Waals surface area (Å²) in [5, 5.41) is 16.5. The van der Waals surface area contributed by atoms with Gasteiger partial charge in [-0.25, -0.2) is 0 Å². The van der Waals surface area contributed by atoms with E-state index in [9.17, 15) is 4.79 Å². The molecule has 1 aromatic rings. The summed E-state index contributed by atoms with van der Waals surface area (Å²) >= 11 is 1.61. The second-order valence-corrected chi connectivity index (χ2v) is 4.61. The van der Waals surface area contributed by atoms with E-state index in [1.165, 1.54) is 0 Å². The van der Waals surface area contributed by atoms with Gasteiger partial charge in [0.15, 0.2) is 0 Å². The van der Waals surface area contributed by atoms with Crippen LogP contribution in [0, 0.1) is 6.92 Å². The molecule has 1 unspecified atom stereocenters. The van der Waals surface area contributed by atoms with Crippen molar-refractivity contribution in [3.05, 3.63) is 11.6 Å². The molecule has 0 aliphatic rings. The Kier molecular flexibility index (Phi) is 4.75. The normalized spacial score (nSPS) is 12.7. The lowest BCUT2D eigenvalue weighted by molar-refractivity contribution is -0.138. The van der Waals surface area contributed by atoms with E-state index in [4.69, 9.17) is 10.8 Å². The summed E-state index contributed by atoms with van der Waals surface area (Å²) in [4.78, 5) is 10.5. The molecule has 16 heavy (non-hydrogen) atoms. The third kappa shape index (κ3) is 3.49. The summed E-state index contributed by atoms with van der Waals surface area (Å²) in [6, 6.07) is -0.770. The molecule has 0 saturated carbocycles. The number of aryl methyl sites for hydroxylation is 1. The number of carbonyl (C=O) groups is 1. The Morgan fingerprint density at radius 2 is 2.31 bits per heavy atom. The molecule has 7 heteroatoms. The standard InChI is InChI=1S/C9H16N4O2S/c1-6-11-12-8(13(6)2)5-16-4-3-7(10)9(14)15/h7H,3-5,10H2,1-2H3,(H,14,15). The van der Waals surface area contributed by atoms with Gasteiger partial charge >= 0.3 is 5.97 Å². The van der Waals surface area contributed by atoms with Gasteiger partial charge in [-0.3, -0.25) is 4.79 Å². The van der Waals surface area contributed by atoms with Crippen molar-refractivity contribution in [2.75, 3.05) is 5.75 Å². The number of carboxylic acids is 1. The molecule has 0 aromatic carbocycles. The second-order valence-electron chi connectivity index (χ2n) is 3.51. The average molecular weight is 244 g/mol. The number of carboxylic acid groups (broad SMARTS) is 1. The van der Waals surface area contributed by atoms with Crippen molar-refractivity contribution in [3.8, 4) is 0 Å². The Labute approximate surface area is 98.2 Å². The van der Waals surface area contributed by atoms with Crippen molar-refractivity contribution in [1.82, 2.24) is 14.8 Å². The Balaban J connectivity index is 2.26. The Morgan fingerprint density at radius 1 is 1.62 bits per heavy atom. The molecule has 1 heterocycles. The van der Waals surface area contributed by atoms with E-state index in [2.05, 4.69) is 10.2 Å². The van der Waals surface area contributed by atoms with Gasteiger partial charge in [0.05, 0.1) is 5.75 Å².